The molecule has 1 unspecified atom stereocenters. The molecule has 1 aliphatic rings. The number of likely N-dealkylation sites (tertiary alicyclic amines) is 1. The Kier molecular flexibility index (Phi) is 2.32. The minimum Gasteiger partial charge on any atom is -0.343 e. The quantitative estimate of drug-likeness (QED) is 0.773. The minimum absolute atomic E-state index is 0.121. The lowest BCUT2D eigenvalue weighted by Gasteiger charge is -2.13. The van der Waals surface area contributed by atoms with Crippen molar-refractivity contribution in [3.63, 3.8) is 0 Å². The molecule has 2 aromatic heterocycles. The number of aromatic amines is 1. The van der Waals surface area contributed by atoms with Crippen molar-refractivity contribution in [2.45, 2.75) is 12.3 Å². The summed E-state index contributed by atoms with van der Waals surface area (Å²) in [6.07, 6.45) is 3.56. The third-order valence-corrected chi connectivity index (χ3v) is 2.85. The molecule has 8 nitrogen and oxygen atoms in total. The lowest BCUT2D eigenvalue weighted by Crippen LogP contribution is -2.28. The van der Waals surface area contributed by atoms with E-state index in [1.54, 1.807) is 4.90 Å². The topological polar surface area (TPSA) is 101 Å². The summed E-state index contributed by atoms with van der Waals surface area (Å²) in [6.45, 7) is 1.26. The third-order valence-electron chi connectivity index (χ3n) is 2.85. The molecule has 1 N–H and O–H groups in total. The summed E-state index contributed by atoms with van der Waals surface area (Å²) in [4.78, 5) is 17.7. The molecule has 17 heavy (non-hydrogen) atoms. The Morgan fingerprint density at radius 2 is 2.53 bits per heavy atom. The van der Waals surface area contributed by atoms with Crippen molar-refractivity contribution in [1.29, 1.82) is 0 Å². The van der Waals surface area contributed by atoms with E-state index in [0.29, 0.717) is 24.6 Å². The number of carbonyl (C=O) groups is 1. The van der Waals surface area contributed by atoms with Crippen LogP contribution in [0.5, 0.6) is 0 Å². The molecule has 1 atom stereocenters. The van der Waals surface area contributed by atoms with Gasteiger partial charge in [0, 0.05) is 19.0 Å². The highest BCUT2D eigenvalue weighted by Crippen LogP contribution is 2.25. The first-order valence-corrected chi connectivity index (χ1v) is 5.26. The highest BCUT2D eigenvalue weighted by atomic mass is 16.5. The van der Waals surface area contributed by atoms with Gasteiger partial charge in [-0.25, -0.2) is 0 Å². The minimum atomic E-state index is -0.121. The van der Waals surface area contributed by atoms with Crippen LogP contribution < -0.4 is 0 Å². The third kappa shape index (κ3) is 1.77. The molecule has 1 amide bonds. The number of hydrogen-bond acceptors (Lipinski definition) is 6. The van der Waals surface area contributed by atoms with Gasteiger partial charge in [0.1, 0.15) is 0 Å². The SMILES string of the molecule is O=C(c1cn[nH]n1)N1CCC(c2ncon2)C1. The van der Waals surface area contributed by atoms with E-state index >= 15 is 0 Å². The van der Waals surface area contributed by atoms with Crippen LogP contribution in [0.25, 0.3) is 0 Å². The Morgan fingerprint density at radius 1 is 1.59 bits per heavy atom. The van der Waals surface area contributed by atoms with Crippen molar-refractivity contribution in [2.24, 2.45) is 0 Å². The predicted octanol–water partition coefficient (Wildman–Crippen LogP) is -0.183. The van der Waals surface area contributed by atoms with Crippen LogP contribution >= 0.6 is 0 Å². The number of amides is 1. The summed E-state index contributed by atoms with van der Waals surface area (Å²) in [5.74, 6) is 0.676. The zero-order valence-corrected chi connectivity index (χ0v) is 8.91. The lowest BCUT2D eigenvalue weighted by atomic mass is 10.1. The predicted molar refractivity (Wildman–Crippen MR) is 53.9 cm³/mol. The fraction of sp³-hybridized carbons (Fsp3) is 0.444. The van der Waals surface area contributed by atoms with Crippen molar-refractivity contribution < 1.29 is 9.32 Å². The van der Waals surface area contributed by atoms with Crippen LogP contribution in [0, 0.1) is 0 Å². The summed E-state index contributed by atoms with van der Waals surface area (Å²) in [5.41, 5.74) is 0.332. The van der Waals surface area contributed by atoms with Gasteiger partial charge < -0.3 is 9.42 Å². The Labute approximate surface area is 96.0 Å². The Morgan fingerprint density at radius 3 is 3.24 bits per heavy atom. The summed E-state index contributed by atoms with van der Waals surface area (Å²) < 4.78 is 4.70. The fourth-order valence-electron chi connectivity index (χ4n) is 1.98. The van der Waals surface area contributed by atoms with E-state index in [0.717, 1.165) is 6.42 Å². The van der Waals surface area contributed by atoms with Gasteiger partial charge in [-0.2, -0.15) is 20.4 Å². The maximum atomic E-state index is 12.0. The maximum Gasteiger partial charge on any atom is 0.276 e. The van der Waals surface area contributed by atoms with Crippen LogP contribution in [0.3, 0.4) is 0 Å². The lowest BCUT2D eigenvalue weighted by molar-refractivity contribution is 0.0784. The van der Waals surface area contributed by atoms with Gasteiger partial charge in [0.15, 0.2) is 11.5 Å². The standard InChI is InChI=1S/C9H10N6O2/c16-9(7-3-11-14-12-7)15-2-1-6(4-15)8-10-5-17-13-8/h3,5-6H,1-2,4H2,(H,11,12,14). The van der Waals surface area contributed by atoms with Gasteiger partial charge in [-0.3, -0.25) is 4.79 Å². The van der Waals surface area contributed by atoms with Crippen LogP contribution in [-0.2, 0) is 0 Å². The molecule has 2 aromatic rings. The molecule has 0 spiro atoms. The average Bonchev–Trinajstić information content (AvgIpc) is 3.09. The molecule has 0 saturated carbocycles. The number of nitrogens with zero attached hydrogens (tertiary/aromatic N) is 5. The zero-order valence-electron chi connectivity index (χ0n) is 8.91. The first-order valence-electron chi connectivity index (χ1n) is 5.26. The molecule has 1 saturated heterocycles. The molecular formula is C9H10N6O2. The van der Waals surface area contributed by atoms with Crippen LogP contribution in [-0.4, -0.2) is 49.4 Å². The smallest absolute Gasteiger partial charge is 0.276 e. The highest BCUT2D eigenvalue weighted by Gasteiger charge is 2.31. The molecule has 1 fully saturated rings. The van der Waals surface area contributed by atoms with Crippen molar-refractivity contribution >= 4 is 5.91 Å². The maximum absolute atomic E-state index is 12.0. The number of rotatable bonds is 2. The summed E-state index contributed by atoms with van der Waals surface area (Å²) in [7, 11) is 0. The second-order valence-corrected chi connectivity index (χ2v) is 3.88. The van der Waals surface area contributed by atoms with Gasteiger partial charge in [0.05, 0.1) is 6.20 Å². The molecule has 0 aromatic carbocycles. The number of H-pyrrole nitrogens is 1. The number of aromatic nitrogens is 5. The summed E-state index contributed by atoms with van der Waals surface area (Å²) >= 11 is 0. The van der Waals surface area contributed by atoms with Crippen LogP contribution in [0.15, 0.2) is 17.1 Å². The molecule has 0 radical (unpaired) electrons. The van der Waals surface area contributed by atoms with Gasteiger partial charge in [-0.1, -0.05) is 5.16 Å². The molecule has 88 valence electrons. The molecule has 0 aliphatic carbocycles. The molecule has 3 rings (SSSR count). The Balaban J connectivity index is 1.70. The monoisotopic (exact) mass is 234 g/mol. The fourth-order valence-corrected chi connectivity index (χ4v) is 1.98. The second kappa shape index (κ2) is 3.96. The molecule has 0 bridgehead atoms. The highest BCUT2D eigenvalue weighted by molar-refractivity contribution is 5.92. The number of nitrogens with one attached hydrogen (secondary N) is 1. The van der Waals surface area contributed by atoms with Gasteiger partial charge in [0.2, 0.25) is 6.39 Å². The van der Waals surface area contributed by atoms with Crippen molar-refractivity contribution in [3.05, 3.63) is 24.1 Å². The zero-order chi connectivity index (χ0) is 11.7. The van der Waals surface area contributed by atoms with Gasteiger partial charge >= 0.3 is 0 Å². The van der Waals surface area contributed by atoms with Crippen LogP contribution in [0.4, 0.5) is 0 Å². The molecule has 8 heteroatoms. The summed E-state index contributed by atoms with van der Waals surface area (Å²) in [6, 6.07) is 0. The molecule has 3 heterocycles. The van der Waals surface area contributed by atoms with E-state index in [1.807, 2.05) is 0 Å². The van der Waals surface area contributed by atoms with E-state index in [2.05, 4.69) is 25.6 Å². The van der Waals surface area contributed by atoms with E-state index in [4.69, 9.17) is 4.52 Å². The normalized spacial score (nSPS) is 19.8. The second-order valence-electron chi connectivity index (χ2n) is 3.88. The average molecular weight is 234 g/mol. The molecule has 1 aliphatic heterocycles. The van der Waals surface area contributed by atoms with Gasteiger partial charge in [-0.15, -0.1) is 0 Å². The van der Waals surface area contributed by atoms with E-state index in [1.165, 1.54) is 12.6 Å². The van der Waals surface area contributed by atoms with Crippen LogP contribution in [0.2, 0.25) is 0 Å². The summed E-state index contributed by atoms with van der Waals surface area (Å²) in [5, 5.41) is 13.6. The van der Waals surface area contributed by atoms with Crippen LogP contribution in [0.1, 0.15) is 28.7 Å². The van der Waals surface area contributed by atoms with Crippen molar-refractivity contribution in [1.82, 2.24) is 30.5 Å². The molecular weight excluding hydrogens is 224 g/mol. The van der Waals surface area contributed by atoms with E-state index in [-0.39, 0.29) is 11.8 Å². The van der Waals surface area contributed by atoms with Crippen molar-refractivity contribution in [2.75, 3.05) is 13.1 Å². The van der Waals surface area contributed by atoms with E-state index in [9.17, 15) is 4.79 Å². The van der Waals surface area contributed by atoms with Gasteiger partial charge in [0.25, 0.3) is 5.91 Å². The van der Waals surface area contributed by atoms with Gasteiger partial charge in [-0.05, 0) is 6.42 Å². The number of carbonyl (C=O) groups excluding carboxylic acids is 1. The number of hydrogen-bond donors (Lipinski definition) is 1. The Hall–Kier alpha value is -2.25. The first-order chi connectivity index (χ1) is 8.34. The largest absolute Gasteiger partial charge is 0.343 e. The van der Waals surface area contributed by atoms with Crippen molar-refractivity contribution in [3.8, 4) is 0 Å². The Bertz CT molecular complexity index is 494. The first kappa shape index (κ1) is 9.94. The van der Waals surface area contributed by atoms with E-state index < -0.39 is 0 Å².